The zero-order chi connectivity index (χ0) is 35.8. The molecule has 2 fully saturated rings. The molecular formula is C37H47FN6O6. The van der Waals surface area contributed by atoms with Crippen LogP contribution in [0.15, 0.2) is 43.0 Å². The molecule has 50 heavy (non-hydrogen) atoms. The zero-order valence-electron chi connectivity index (χ0n) is 29.7. The highest BCUT2D eigenvalue weighted by Crippen LogP contribution is 2.52. The van der Waals surface area contributed by atoms with E-state index in [1.54, 1.807) is 22.2 Å². The molecule has 268 valence electrons. The van der Waals surface area contributed by atoms with E-state index < -0.39 is 23.6 Å². The first kappa shape index (κ1) is 35.3. The molecule has 2 aliphatic heterocycles. The number of hydrogen-bond acceptors (Lipinski definition) is 10. The van der Waals surface area contributed by atoms with Gasteiger partial charge in [0.25, 0.3) is 5.91 Å². The summed E-state index contributed by atoms with van der Waals surface area (Å²) in [7, 11) is 0. The van der Waals surface area contributed by atoms with E-state index in [4.69, 9.17) is 14.2 Å². The lowest BCUT2D eigenvalue weighted by Crippen LogP contribution is -2.65. The average molecular weight is 691 g/mol. The largest absolute Gasteiger partial charge is 0.490 e. The average Bonchev–Trinajstić information content (AvgIpc) is 3.02. The molecule has 1 aliphatic carbocycles. The topological polar surface area (TPSA) is 130 Å². The van der Waals surface area contributed by atoms with Gasteiger partial charge >= 0.3 is 6.09 Å². The van der Waals surface area contributed by atoms with Crippen LogP contribution in [-0.4, -0.2) is 92.4 Å². The van der Waals surface area contributed by atoms with Gasteiger partial charge in [0.1, 0.15) is 35.3 Å². The van der Waals surface area contributed by atoms with Gasteiger partial charge in [-0.1, -0.05) is 0 Å². The lowest BCUT2D eigenvalue weighted by molar-refractivity contribution is -0.0359. The fourth-order valence-corrected chi connectivity index (χ4v) is 7.39. The van der Waals surface area contributed by atoms with Crippen LogP contribution in [0.3, 0.4) is 0 Å². The third-order valence-corrected chi connectivity index (χ3v) is 9.60. The van der Waals surface area contributed by atoms with E-state index in [1.165, 1.54) is 24.5 Å². The van der Waals surface area contributed by atoms with E-state index in [9.17, 15) is 19.1 Å². The monoisotopic (exact) mass is 690 g/mol. The second kappa shape index (κ2) is 14.0. The summed E-state index contributed by atoms with van der Waals surface area (Å²) in [6.45, 7) is 13.5. The second-order valence-electron chi connectivity index (χ2n) is 14.8. The van der Waals surface area contributed by atoms with Gasteiger partial charge < -0.3 is 34.0 Å². The number of aliphatic hydroxyl groups excluding tert-OH is 1. The lowest BCUT2D eigenvalue weighted by Gasteiger charge is -2.59. The van der Waals surface area contributed by atoms with Crippen molar-refractivity contribution in [1.29, 1.82) is 0 Å². The molecule has 0 bridgehead atoms. The number of nitrogens with zero attached hydrogens (tertiary/aromatic N) is 6. The third-order valence-electron chi connectivity index (χ3n) is 9.60. The predicted molar refractivity (Wildman–Crippen MR) is 184 cm³/mol. The number of aliphatic hydroxyl groups is 1. The fourth-order valence-electron chi connectivity index (χ4n) is 7.39. The van der Waals surface area contributed by atoms with Crippen LogP contribution in [0.5, 0.6) is 17.2 Å². The summed E-state index contributed by atoms with van der Waals surface area (Å²) in [5.74, 6) is 1.08. The van der Waals surface area contributed by atoms with Crippen molar-refractivity contribution in [3.8, 4) is 17.2 Å². The van der Waals surface area contributed by atoms with Crippen LogP contribution >= 0.6 is 0 Å². The number of pyridine rings is 1. The van der Waals surface area contributed by atoms with Gasteiger partial charge in [-0.15, -0.1) is 0 Å². The Kier molecular flexibility index (Phi) is 9.89. The molecule has 0 radical (unpaired) electrons. The predicted octanol–water partition coefficient (Wildman–Crippen LogP) is 5.94. The normalized spacial score (nSPS) is 18.3. The molecule has 4 heterocycles. The van der Waals surface area contributed by atoms with Crippen molar-refractivity contribution in [2.75, 3.05) is 37.7 Å². The van der Waals surface area contributed by atoms with E-state index in [-0.39, 0.29) is 41.4 Å². The number of aromatic nitrogens is 3. The van der Waals surface area contributed by atoms with E-state index in [1.807, 2.05) is 47.6 Å². The molecule has 1 aromatic carbocycles. The fraction of sp³-hybridized carbons (Fsp3) is 0.541. The Hall–Kier alpha value is -4.52. The van der Waals surface area contributed by atoms with Crippen molar-refractivity contribution in [2.24, 2.45) is 5.41 Å². The standard InChI is InChI=1S/C37H47FN6O6/c1-7-43(23(2)3)34(46)26-16-24(38)8-9-29(26)49-31-19-39-22-41-33(31)42-20-37(21-42)17-25(18-37)48-30-10-13-40-27-11-14-44(28(12-15-45)32(27)30)35(47)50-36(4,5)6/h8-10,13,16,19,22-23,25,28,45H,7,11-12,14-15,17-18,20-21H2,1-6H3. The van der Waals surface area contributed by atoms with Gasteiger partial charge in [0.15, 0.2) is 11.6 Å². The number of rotatable bonds is 10. The summed E-state index contributed by atoms with van der Waals surface area (Å²) < 4.78 is 32.8. The summed E-state index contributed by atoms with van der Waals surface area (Å²) in [6.07, 6.45) is 6.92. The SMILES string of the molecule is CCN(C(=O)c1cc(F)ccc1Oc1cncnc1N1CC2(CC(Oc3ccnc4c3C(CCO)N(C(=O)OC(C)(C)C)CC4)C2)C1)C(C)C. The van der Waals surface area contributed by atoms with Crippen molar-refractivity contribution >= 4 is 17.8 Å². The van der Waals surface area contributed by atoms with Crippen LogP contribution in [0, 0.1) is 11.2 Å². The third kappa shape index (κ3) is 7.19. The quantitative estimate of drug-likeness (QED) is 0.273. The number of hydrogen-bond donors (Lipinski definition) is 1. The summed E-state index contributed by atoms with van der Waals surface area (Å²) in [5.41, 5.74) is 1.26. The van der Waals surface area contributed by atoms with E-state index in [0.29, 0.717) is 43.2 Å². The highest BCUT2D eigenvalue weighted by Gasteiger charge is 2.54. The number of fused-ring (bicyclic) bond motifs is 1. The number of anilines is 1. The summed E-state index contributed by atoms with van der Waals surface area (Å²) in [5, 5.41) is 9.94. The lowest BCUT2D eigenvalue weighted by atomic mass is 9.61. The highest BCUT2D eigenvalue weighted by molar-refractivity contribution is 5.97. The smallest absolute Gasteiger partial charge is 0.410 e. The number of amides is 2. The minimum Gasteiger partial charge on any atom is -0.490 e. The van der Waals surface area contributed by atoms with Crippen molar-refractivity contribution in [1.82, 2.24) is 24.8 Å². The Balaban J connectivity index is 1.13. The molecule has 1 N–H and O–H groups in total. The van der Waals surface area contributed by atoms with Crippen molar-refractivity contribution in [3.63, 3.8) is 0 Å². The molecular weight excluding hydrogens is 643 g/mol. The molecule has 3 aromatic rings. The minimum atomic E-state index is -0.641. The maximum absolute atomic E-state index is 14.3. The van der Waals surface area contributed by atoms with Gasteiger partial charge in [0.05, 0.1) is 23.5 Å². The van der Waals surface area contributed by atoms with Crippen LogP contribution in [0.4, 0.5) is 15.0 Å². The molecule has 3 aliphatic rings. The first-order valence-electron chi connectivity index (χ1n) is 17.4. The Morgan fingerprint density at radius 2 is 1.88 bits per heavy atom. The molecule has 1 spiro atoms. The molecule has 2 aromatic heterocycles. The first-order chi connectivity index (χ1) is 23.8. The molecule has 1 unspecified atom stereocenters. The number of benzene rings is 1. The summed E-state index contributed by atoms with van der Waals surface area (Å²) >= 11 is 0. The van der Waals surface area contributed by atoms with E-state index in [2.05, 4.69) is 19.9 Å². The van der Waals surface area contributed by atoms with Gasteiger partial charge in [-0.3, -0.25) is 9.78 Å². The maximum Gasteiger partial charge on any atom is 0.410 e. The second-order valence-corrected chi connectivity index (χ2v) is 14.8. The number of carbonyl (C=O) groups excluding carboxylic acids is 2. The number of ether oxygens (including phenoxy) is 3. The van der Waals surface area contributed by atoms with Crippen molar-refractivity contribution in [2.45, 2.75) is 91.0 Å². The molecule has 2 amide bonds. The van der Waals surface area contributed by atoms with Crippen LogP contribution in [-0.2, 0) is 11.2 Å². The van der Waals surface area contributed by atoms with Crippen molar-refractivity contribution < 1.29 is 33.3 Å². The Labute approximate surface area is 292 Å². The number of carbonyl (C=O) groups is 2. The van der Waals surface area contributed by atoms with E-state index >= 15 is 0 Å². The Morgan fingerprint density at radius 1 is 1.12 bits per heavy atom. The van der Waals surface area contributed by atoms with Gasteiger partial charge in [-0.05, 0) is 85.1 Å². The van der Waals surface area contributed by atoms with Crippen LogP contribution < -0.4 is 14.4 Å². The van der Waals surface area contributed by atoms with Gasteiger partial charge in [0.2, 0.25) is 0 Å². The highest BCUT2D eigenvalue weighted by atomic mass is 19.1. The molecule has 1 saturated heterocycles. The van der Waals surface area contributed by atoms with Gasteiger partial charge in [0, 0.05) is 62.4 Å². The molecule has 12 nitrogen and oxygen atoms in total. The molecule has 6 rings (SSSR count). The molecule has 1 atom stereocenters. The Bertz CT molecular complexity index is 1720. The summed E-state index contributed by atoms with van der Waals surface area (Å²) in [4.78, 5) is 45.3. The van der Waals surface area contributed by atoms with E-state index in [0.717, 1.165) is 37.2 Å². The zero-order valence-corrected chi connectivity index (χ0v) is 29.7. The van der Waals surface area contributed by atoms with Gasteiger partial charge in [-0.25, -0.2) is 19.2 Å². The van der Waals surface area contributed by atoms with Crippen LogP contribution in [0.2, 0.25) is 0 Å². The molecule has 1 saturated carbocycles. The van der Waals surface area contributed by atoms with Crippen LogP contribution in [0.1, 0.15) is 88.5 Å². The van der Waals surface area contributed by atoms with Crippen LogP contribution in [0.25, 0.3) is 0 Å². The summed E-state index contributed by atoms with van der Waals surface area (Å²) in [6, 6.07) is 5.33. The minimum absolute atomic E-state index is 0.0216. The molecule has 13 heteroatoms. The Morgan fingerprint density at radius 3 is 2.56 bits per heavy atom. The van der Waals surface area contributed by atoms with Crippen molar-refractivity contribution in [3.05, 3.63) is 65.6 Å². The first-order valence-corrected chi connectivity index (χ1v) is 17.4. The number of halogens is 1. The maximum atomic E-state index is 14.3. The van der Waals surface area contributed by atoms with Gasteiger partial charge in [-0.2, -0.15) is 0 Å².